The fourth-order valence-electron chi connectivity index (χ4n) is 1.55. The molecule has 0 saturated heterocycles. The highest BCUT2D eigenvalue weighted by Crippen LogP contribution is 2.12. The molecule has 7 heteroatoms. The van der Waals surface area contributed by atoms with E-state index in [2.05, 4.69) is 10.1 Å². The molecule has 1 heterocycles. The van der Waals surface area contributed by atoms with Crippen LogP contribution in [0.4, 0.5) is 0 Å². The first kappa shape index (κ1) is 14.7. The number of nitrogens with two attached hydrogens (primary N) is 2. The number of carbonyl (C=O) groups is 1. The fraction of sp³-hybridized carbons (Fsp3) is 0.0833. The number of guanidine groups is 1. The molecule has 0 aliphatic carbocycles. The van der Waals surface area contributed by atoms with Gasteiger partial charge in [-0.1, -0.05) is 18.2 Å². The molecule has 2 aromatic rings. The van der Waals surface area contributed by atoms with Gasteiger partial charge in [-0.25, -0.2) is 4.68 Å². The van der Waals surface area contributed by atoms with Crippen LogP contribution in [0.2, 0.25) is 0 Å². The van der Waals surface area contributed by atoms with Gasteiger partial charge in [0.2, 0.25) is 0 Å². The Morgan fingerprint density at radius 3 is 2.47 bits per heavy atom. The minimum atomic E-state index is -0.540. The summed E-state index contributed by atoms with van der Waals surface area (Å²) in [5.41, 5.74) is 12.2. The number of carbonyl (C=O) groups excluding carboxylic acids is 1. The van der Waals surface area contributed by atoms with Gasteiger partial charge in [-0.2, -0.15) is 10.1 Å². The lowest BCUT2D eigenvalue weighted by atomic mass is 10.3. The van der Waals surface area contributed by atoms with Crippen molar-refractivity contribution >= 4 is 24.3 Å². The number of halogens is 1. The molecule has 2 rings (SSSR count). The maximum absolute atomic E-state index is 11.7. The maximum atomic E-state index is 11.7. The fourth-order valence-corrected chi connectivity index (χ4v) is 1.55. The monoisotopic (exact) mass is 279 g/mol. The molecule has 1 aromatic carbocycles. The van der Waals surface area contributed by atoms with E-state index < -0.39 is 5.91 Å². The average molecular weight is 280 g/mol. The number of aromatic nitrogens is 2. The molecule has 0 aliphatic heterocycles. The van der Waals surface area contributed by atoms with Crippen molar-refractivity contribution in [2.75, 3.05) is 0 Å². The summed E-state index contributed by atoms with van der Waals surface area (Å²) in [6.45, 7) is 1.78. The van der Waals surface area contributed by atoms with Crippen molar-refractivity contribution in [1.29, 1.82) is 0 Å². The highest BCUT2D eigenvalue weighted by Gasteiger charge is 2.14. The zero-order valence-electron chi connectivity index (χ0n) is 10.3. The Labute approximate surface area is 116 Å². The molecule has 0 bridgehead atoms. The molecule has 0 fully saturated rings. The lowest BCUT2D eigenvalue weighted by molar-refractivity contribution is 0.0997. The van der Waals surface area contributed by atoms with Crippen molar-refractivity contribution in [2.24, 2.45) is 16.5 Å². The van der Waals surface area contributed by atoms with Gasteiger partial charge in [0.25, 0.3) is 0 Å². The Morgan fingerprint density at radius 2 is 1.89 bits per heavy atom. The van der Waals surface area contributed by atoms with Crippen LogP contribution >= 0.6 is 12.4 Å². The van der Waals surface area contributed by atoms with Crippen LogP contribution in [-0.2, 0) is 0 Å². The zero-order chi connectivity index (χ0) is 13.1. The lowest BCUT2D eigenvalue weighted by Gasteiger charge is -1.98. The average Bonchev–Trinajstić information content (AvgIpc) is 2.72. The van der Waals surface area contributed by atoms with Crippen molar-refractivity contribution in [2.45, 2.75) is 6.92 Å². The van der Waals surface area contributed by atoms with E-state index in [1.54, 1.807) is 17.8 Å². The summed E-state index contributed by atoms with van der Waals surface area (Å²) in [4.78, 5) is 15.2. The maximum Gasteiger partial charge on any atom is 0.300 e. The van der Waals surface area contributed by atoms with Gasteiger partial charge in [-0.05, 0) is 19.1 Å². The van der Waals surface area contributed by atoms with Crippen LogP contribution in [0.1, 0.15) is 16.1 Å². The van der Waals surface area contributed by atoms with Crippen LogP contribution in [-0.4, -0.2) is 21.6 Å². The number of aliphatic imine (C=N–C) groups is 1. The van der Waals surface area contributed by atoms with Crippen molar-refractivity contribution < 1.29 is 4.79 Å². The standard InChI is InChI=1S/C12H13N5O.ClH/c1-8-7-17(9-5-3-2-4-6-9)16-10(8)11(18)15-12(13)14;/h2-7H,1H3,(H4,13,14,15,18);1H. The van der Waals surface area contributed by atoms with Crippen molar-refractivity contribution in [3.05, 3.63) is 47.8 Å². The van der Waals surface area contributed by atoms with Gasteiger partial charge in [0.1, 0.15) is 0 Å². The Balaban J connectivity index is 0.00000180. The third-order valence-electron chi connectivity index (χ3n) is 2.35. The quantitative estimate of drug-likeness (QED) is 0.633. The van der Waals surface area contributed by atoms with Crippen LogP contribution in [0.5, 0.6) is 0 Å². The molecule has 1 amide bonds. The molecule has 4 N–H and O–H groups in total. The topological polar surface area (TPSA) is 99.3 Å². The SMILES string of the molecule is Cc1cn(-c2ccccc2)nc1C(=O)N=C(N)N.Cl. The van der Waals surface area contributed by atoms with E-state index in [0.29, 0.717) is 5.56 Å². The Kier molecular flexibility index (Phi) is 4.66. The van der Waals surface area contributed by atoms with Crippen LogP contribution in [0, 0.1) is 6.92 Å². The molecule has 0 aliphatic rings. The highest BCUT2D eigenvalue weighted by atomic mass is 35.5. The molecule has 100 valence electrons. The number of rotatable bonds is 2. The van der Waals surface area contributed by atoms with Crippen LogP contribution in [0.25, 0.3) is 5.69 Å². The summed E-state index contributed by atoms with van der Waals surface area (Å²) >= 11 is 0. The van der Waals surface area contributed by atoms with Gasteiger partial charge in [0.15, 0.2) is 11.7 Å². The van der Waals surface area contributed by atoms with Gasteiger partial charge in [0.05, 0.1) is 5.69 Å². The lowest BCUT2D eigenvalue weighted by Crippen LogP contribution is -2.24. The Bertz CT molecular complexity index is 602. The van der Waals surface area contributed by atoms with E-state index in [1.807, 2.05) is 30.3 Å². The molecule has 0 saturated carbocycles. The number of amides is 1. The third-order valence-corrected chi connectivity index (χ3v) is 2.35. The van der Waals surface area contributed by atoms with Crippen LogP contribution in [0.3, 0.4) is 0 Å². The Morgan fingerprint density at radius 1 is 1.26 bits per heavy atom. The van der Waals surface area contributed by atoms with Crippen molar-refractivity contribution in [3.63, 3.8) is 0 Å². The first-order valence-corrected chi connectivity index (χ1v) is 5.33. The second kappa shape index (κ2) is 6.01. The van der Waals surface area contributed by atoms with Crippen molar-refractivity contribution in [3.8, 4) is 5.69 Å². The van der Waals surface area contributed by atoms with E-state index in [-0.39, 0.29) is 24.1 Å². The normalized spacial score (nSPS) is 9.53. The minimum absolute atomic E-state index is 0. The van der Waals surface area contributed by atoms with E-state index in [4.69, 9.17) is 11.5 Å². The van der Waals surface area contributed by atoms with Crippen LogP contribution in [0.15, 0.2) is 41.5 Å². The molecule has 0 radical (unpaired) electrons. The zero-order valence-corrected chi connectivity index (χ0v) is 11.1. The second-order valence-electron chi connectivity index (χ2n) is 3.78. The van der Waals surface area contributed by atoms with E-state index in [9.17, 15) is 4.79 Å². The summed E-state index contributed by atoms with van der Waals surface area (Å²) in [7, 11) is 0. The van der Waals surface area contributed by atoms with Gasteiger partial charge >= 0.3 is 5.91 Å². The highest BCUT2D eigenvalue weighted by molar-refractivity contribution is 6.01. The molecule has 0 spiro atoms. The number of para-hydroxylation sites is 1. The molecule has 6 nitrogen and oxygen atoms in total. The first-order chi connectivity index (χ1) is 8.58. The number of hydrogen-bond donors (Lipinski definition) is 2. The van der Waals surface area contributed by atoms with Crippen LogP contribution < -0.4 is 11.5 Å². The predicted octanol–water partition coefficient (Wildman–Crippen LogP) is 1.02. The summed E-state index contributed by atoms with van der Waals surface area (Å²) < 4.78 is 1.62. The summed E-state index contributed by atoms with van der Waals surface area (Å²) in [5, 5.41) is 4.18. The minimum Gasteiger partial charge on any atom is -0.370 e. The second-order valence-corrected chi connectivity index (χ2v) is 3.78. The summed E-state index contributed by atoms with van der Waals surface area (Å²) in [6, 6.07) is 9.47. The van der Waals surface area contributed by atoms with Crippen molar-refractivity contribution in [1.82, 2.24) is 9.78 Å². The molecule has 0 atom stereocenters. The number of nitrogens with zero attached hydrogens (tertiary/aromatic N) is 3. The smallest absolute Gasteiger partial charge is 0.300 e. The van der Waals surface area contributed by atoms with E-state index >= 15 is 0 Å². The molecular weight excluding hydrogens is 266 g/mol. The largest absolute Gasteiger partial charge is 0.370 e. The molecule has 0 unspecified atom stereocenters. The molecule has 1 aromatic heterocycles. The number of hydrogen-bond acceptors (Lipinski definition) is 2. The van der Waals surface area contributed by atoms with E-state index in [1.165, 1.54) is 0 Å². The first-order valence-electron chi connectivity index (χ1n) is 5.33. The Hall–Kier alpha value is -2.34. The third kappa shape index (κ3) is 3.32. The van der Waals surface area contributed by atoms with Gasteiger partial charge < -0.3 is 11.5 Å². The number of benzene rings is 1. The molecule has 19 heavy (non-hydrogen) atoms. The summed E-state index contributed by atoms with van der Waals surface area (Å²) in [6.07, 6.45) is 1.75. The van der Waals surface area contributed by atoms with Gasteiger partial charge in [0, 0.05) is 11.8 Å². The van der Waals surface area contributed by atoms with Gasteiger partial charge in [-0.3, -0.25) is 4.79 Å². The molecular formula is C12H14ClN5O. The van der Waals surface area contributed by atoms with E-state index in [0.717, 1.165) is 5.69 Å². The van der Waals surface area contributed by atoms with Gasteiger partial charge in [-0.15, -0.1) is 12.4 Å². The number of aryl methyl sites for hydroxylation is 1. The summed E-state index contributed by atoms with van der Waals surface area (Å²) in [5.74, 6) is -0.809. The predicted molar refractivity (Wildman–Crippen MR) is 75.7 cm³/mol.